The molecule has 2 bridgehead atoms. The largest absolute Gasteiger partial charge is 0.378 e. The molecule has 2 saturated heterocycles. The van der Waals surface area contributed by atoms with Crippen molar-refractivity contribution in [1.29, 1.82) is 0 Å². The van der Waals surface area contributed by atoms with E-state index in [9.17, 15) is 4.79 Å². The predicted molar refractivity (Wildman–Crippen MR) is 85.0 cm³/mol. The third-order valence-electron chi connectivity index (χ3n) is 7.87. The molecule has 3 nitrogen and oxygen atoms in total. The zero-order chi connectivity index (χ0) is 14.6. The summed E-state index contributed by atoms with van der Waals surface area (Å²) in [5.74, 6) is 0.561. The van der Waals surface area contributed by atoms with Crippen LogP contribution in [0.1, 0.15) is 44.1 Å². The van der Waals surface area contributed by atoms with Crippen LogP contribution in [0.25, 0.3) is 0 Å². The standard InChI is InChI=1S/C19H22N2O/c22-15-12-18-8-7-17(15)6-3-10-21-11-9-19(18,16(17)21)13-4-1-2-5-14(13)20-18/h1-2,4-5,16,20H,3,6-12H2/t16-,17+,18+,19+/m0/s1. The maximum Gasteiger partial charge on any atom is 0.143 e. The highest BCUT2D eigenvalue weighted by molar-refractivity contribution is 5.93. The van der Waals surface area contributed by atoms with Crippen molar-refractivity contribution in [3.63, 3.8) is 0 Å². The SMILES string of the molecule is O=C1C[C@]23CC[C@]14CCCN1CC[C@@]2(c2ccccc2N3)[C@@H]14. The first-order chi connectivity index (χ1) is 10.7. The summed E-state index contributed by atoms with van der Waals surface area (Å²) in [4.78, 5) is 15.8. The van der Waals surface area contributed by atoms with Crippen LogP contribution in [0.4, 0.5) is 5.69 Å². The van der Waals surface area contributed by atoms with E-state index in [1.807, 2.05) is 0 Å². The lowest BCUT2D eigenvalue weighted by molar-refractivity contribution is -0.157. The van der Waals surface area contributed by atoms with Gasteiger partial charge in [0.1, 0.15) is 5.78 Å². The Kier molecular flexibility index (Phi) is 1.89. The van der Waals surface area contributed by atoms with E-state index in [4.69, 9.17) is 0 Å². The Morgan fingerprint density at radius 3 is 2.91 bits per heavy atom. The molecule has 1 aromatic carbocycles. The van der Waals surface area contributed by atoms with Gasteiger partial charge in [-0.25, -0.2) is 0 Å². The predicted octanol–water partition coefficient (Wildman–Crippen LogP) is 2.71. The van der Waals surface area contributed by atoms with Gasteiger partial charge in [0.2, 0.25) is 0 Å². The van der Waals surface area contributed by atoms with E-state index in [0.717, 1.165) is 19.3 Å². The fourth-order valence-electron chi connectivity index (χ4n) is 7.24. The number of ketones is 1. The topological polar surface area (TPSA) is 32.3 Å². The van der Waals surface area contributed by atoms with Crippen LogP contribution in [-0.2, 0) is 10.2 Å². The van der Waals surface area contributed by atoms with Crippen LogP contribution in [-0.4, -0.2) is 35.4 Å². The van der Waals surface area contributed by atoms with Gasteiger partial charge in [0, 0.05) is 29.0 Å². The summed E-state index contributed by atoms with van der Waals surface area (Å²) in [7, 11) is 0. The lowest BCUT2D eigenvalue weighted by Crippen LogP contribution is -2.75. The zero-order valence-electron chi connectivity index (χ0n) is 12.9. The second-order valence-corrected chi connectivity index (χ2v) is 8.27. The number of hydrogen-bond donors (Lipinski definition) is 1. The van der Waals surface area contributed by atoms with Gasteiger partial charge in [0.15, 0.2) is 0 Å². The molecule has 1 aromatic rings. The summed E-state index contributed by atoms with van der Waals surface area (Å²) in [6, 6.07) is 9.35. The molecule has 4 atom stereocenters. The molecule has 5 fully saturated rings. The van der Waals surface area contributed by atoms with Crippen molar-refractivity contribution < 1.29 is 4.79 Å². The normalized spacial score (nSPS) is 47.8. The van der Waals surface area contributed by atoms with E-state index in [0.29, 0.717) is 11.8 Å². The minimum absolute atomic E-state index is 0.00623. The number of Topliss-reactive ketones (excluding diaryl/α,β-unsaturated/α-hetero) is 1. The summed E-state index contributed by atoms with van der Waals surface area (Å²) in [5, 5.41) is 3.87. The van der Waals surface area contributed by atoms with Crippen LogP contribution >= 0.6 is 0 Å². The maximum absolute atomic E-state index is 13.1. The fourth-order valence-corrected chi connectivity index (χ4v) is 7.24. The molecule has 3 saturated carbocycles. The van der Waals surface area contributed by atoms with Gasteiger partial charge >= 0.3 is 0 Å². The van der Waals surface area contributed by atoms with Crippen LogP contribution in [0, 0.1) is 5.41 Å². The lowest BCUT2D eigenvalue weighted by Gasteiger charge is -2.65. The van der Waals surface area contributed by atoms with Crippen LogP contribution < -0.4 is 5.32 Å². The van der Waals surface area contributed by atoms with Gasteiger partial charge in [-0.3, -0.25) is 9.69 Å². The van der Waals surface area contributed by atoms with Gasteiger partial charge in [-0.1, -0.05) is 18.2 Å². The number of nitrogens with zero attached hydrogens (tertiary/aromatic N) is 1. The second kappa shape index (κ2) is 3.43. The van der Waals surface area contributed by atoms with Crippen LogP contribution in [0.15, 0.2) is 24.3 Å². The molecule has 0 radical (unpaired) electrons. The third kappa shape index (κ3) is 0.989. The number of carbonyl (C=O) groups excluding carboxylic acids is 1. The van der Waals surface area contributed by atoms with Gasteiger partial charge in [0.05, 0.1) is 5.54 Å². The minimum atomic E-state index is -0.0321. The monoisotopic (exact) mass is 294 g/mol. The zero-order valence-corrected chi connectivity index (χ0v) is 12.9. The first-order valence-electron chi connectivity index (χ1n) is 8.87. The smallest absolute Gasteiger partial charge is 0.143 e. The van der Waals surface area contributed by atoms with Crippen molar-refractivity contribution in [2.75, 3.05) is 18.4 Å². The van der Waals surface area contributed by atoms with E-state index in [-0.39, 0.29) is 16.4 Å². The Morgan fingerprint density at radius 2 is 2.00 bits per heavy atom. The van der Waals surface area contributed by atoms with Crippen LogP contribution in [0.5, 0.6) is 0 Å². The summed E-state index contributed by atoms with van der Waals surface area (Å²) >= 11 is 0. The number of para-hydroxylation sites is 1. The van der Waals surface area contributed by atoms with Crippen molar-refractivity contribution >= 4 is 11.5 Å². The van der Waals surface area contributed by atoms with Crippen molar-refractivity contribution in [2.45, 2.75) is 55.5 Å². The number of anilines is 1. The maximum atomic E-state index is 13.1. The molecule has 6 aliphatic rings. The highest BCUT2D eigenvalue weighted by Crippen LogP contribution is 2.71. The van der Waals surface area contributed by atoms with Gasteiger partial charge in [-0.15, -0.1) is 0 Å². The summed E-state index contributed by atoms with van der Waals surface area (Å²) < 4.78 is 0. The quantitative estimate of drug-likeness (QED) is 0.798. The molecule has 3 aliphatic carbocycles. The average molecular weight is 294 g/mol. The number of nitrogens with one attached hydrogen (secondary N) is 1. The van der Waals surface area contributed by atoms with Crippen LogP contribution in [0.2, 0.25) is 0 Å². The van der Waals surface area contributed by atoms with Crippen LogP contribution in [0.3, 0.4) is 0 Å². The van der Waals surface area contributed by atoms with Gasteiger partial charge in [-0.2, -0.15) is 0 Å². The number of hydrogen-bond acceptors (Lipinski definition) is 3. The minimum Gasteiger partial charge on any atom is -0.378 e. The molecule has 3 heterocycles. The Labute approximate surface area is 131 Å². The molecule has 3 spiro atoms. The number of benzene rings is 1. The molecular weight excluding hydrogens is 272 g/mol. The fraction of sp³-hybridized carbons (Fsp3) is 0.632. The summed E-state index contributed by atoms with van der Waals surface area (Å²) in [6.07, 6.45) is 6.61. The highest BCUT2D eigenvalue weighted by Gasteiger charge is 2.77. The molecule has 0 amide bonds. The van der Waals surface area contributed by atoms with Gasteiger partial charge in [0.25, 0.3) is 0 Å². The molecule has 22 heavy (non-hydrogen) atoms. The Balaban J connectivity index is 1.69. The van der Waals surface area contributed by atoms with Gasteiger partial charge < -0.3 is 5.32 Å². The molecule has 3 heteroatoms. The Bertz CT molecular complexity index is 715. The Hall–Kier alpha value is -1.35. The van der Waals surface area contributed by atoms with E-state index in [1.165, 1.54) is 43.6 Å². The molecular formula is C19H22N2O. The van der Waals surface area contributed by atoms with Gasteiger partial charge in [-0.05, 0) is 56.8 Å². The number of carbonyl (C=O) groups is 1. The summed E-state index contributed by atoms with van der Waals surface area (Å²) in [5.41, 5.74) is 2.99. The molecule has 114 valence electrons. The van der Waals surface area contributed by atoms with Crippen molar-refractivity contribution in [3.8, 4) is 0 Å². The third-order valence-corrected chi connectivity index (χ3v) is 7.87. The van der Waals surface area contributed by atoms with E-state index in [1.54, 1.807) is 0 Å². The molecule has 1 N–H and O–H groups in total. The van der Waals surface area contributed by atoms with E-state index in [2.05, 4.69) is 34.5 Å². The number of rotatable bonds is 0. The highest BCUT2D eigenvalue weighted by atomic mass is 16.1. The van der Waals surface area contributed by atoms with Crippen molar-refractivity contribution in [1.82, 2.24) is 4.90 Å². The molecule has 7 rings (SSSR count). The van der Waals surface area contributed by atoms with E-state index < -0.39 is 0 Å². The average Bonchev–Trinajstić information content (AvgIpc) is 3.06. The molecule has 0 unspecified atom stereocenters. The first kappa shape index (κ1) is 12.1. The number of fused-ring (bicyclic) bond motifs is 3. The van der Waals surface area contributed by atoms with Crippen molar-refractivity contribution in [3.05, 3.63) is 29.8 Å². The van der Waals surface area contributed by atoms with Crippen molar-refractivity contribution in [2.24, 2.45) is 5.41 Å². The van der Waals surface area contributed by atoms with E-state index >= 15 is 0 Å². The first-order valence-corrected chi connectivity index (χ1v) is 8.87. The molecule has 3 aliphatic heterocycles. The summed E-state index contributed by atoms with van der Waals surface area (Å²) in [6.45, 7) is 2.37. The molecule has 0 aromatic heterocycles. The Morgan fingerprint density at radius 1 is 1.09 bits per heavy atom. The second-order valence-electron chi connectivity index (χ2n) is 8.27. The lowest BCUT2D eigenvalue weighted by atomic mass is 9.41. The number of piperidine rings is 1.